The van der Waals surface area contributed by atoms with E-state index in [0.29, 0.717) is 17.5 Å². The zero-order valence-corrected chi connectivity index (χ0v) is 14.6. The molecule has 5 nitrogen and oxygen atoms in total. The van der Waals surface area contributed by atoms with Crippen LogP contribution in [-0.4, -0.2) is 37.8 Å². The molecule has 0 aliphatic carbocycles. The summed E-state index contributed by atoms with van der Waals surface area (Å²) in [5.41, 5.74) is 1.11. The van der Waals surface area contributed by atoms with E-state index in [0.717, 1.165) is 30.8 Å². The van der Waals surface area contributed by atoms with Crippen LogP contribution in [0.4, 0.5) is 0 Å². The van der Waals surface area contributed by atoms with Gasteiger partial charge in [0.2, 0.25) is 5.75 Å². The van der Waals surface area contributed by atoms with Crippen LogP contribution in [0.1, 0.15) is 29.5 Å². The van der Waals surface area contributed by atoms with E-state index in [1.165, 1.54) is 11.4 Å². The Bertz CT molecular complexity index is 646. The molecule has 1 atom stereocenters. The van der Waals surface area contributed by atoms with Crippen LogP contribution in [0.25, 0.3) is 0 Å². The molecule has 1 saturated heterocycles. The standard InChI is InChI=1S/C17H22N2O3S/c1-20-14-7-6-12(15(21-2)16(14)22-3)11-19-9-4-5-13(19)17-18-8-10-23-17/h6-8,10,13H,4-5,9,11H2,1-3H3/t13-/m1/s1. The van der Waals surface area contributed by atoms with Crippen molar-refractivity contribution in [1.82, 2.24) is 9.88 Å². The zero-order valence-electron chi connectivity index (χ0n) is 13.7. The molecule has 0 bridgehead atoms. The molecule has 0 saturated carbocycles. The van der Waals surface area contributed by atoms with E-state index in [1.54, 1.807) is 32.7 Å². The Labute approximate surface area is 140 Å². The second-order valence-corrected chi connectivity index (χ2v) is 6.42. The van der Waals surface area contributed by atoms with Crippen molar-refractivity contribution in [3.8, 4) is 17.2 Å². The summed E-state index contributed by atoms with van der Waals surface area (Å²) >= 11 is 1.73. The van der Waals surface area contributed by atoms with Crippen molar-refractivity contribution in [2.24, 2.45) is 0 Å². The number of benzene rings is 1. The van der Waals surface area contributed by atoms with Crippen LogP contribution >= 0.6 is 11.3 Å². The number of likely N-dealkylation sites (tertiary alicyclic amines) is 1. The number of hydrogen-bond acceptors (Lipinski definition) is 6. The molecular weight excluding hydrogens is 312 g/mol. The monoisotopic (exact) mass is 334 g/mol. The Kier molecular flexibility index (Phi) is 5.03. The van der Waals surface area contributed by atoms with Gasteiger partial charge in [-0.1, -0.05) is 6.07 Å². The maximum absolute atomic E-state index is 5.60. The summed E-state index contributed by atoms with van der Waals surface area (Å²) < 4.78 is 16.4. The fourth-order valence-corrected chi connectivity index (χ4v) is 4.01. The number of rotatable bonds is 6. The van der Waals surface area contributed by atoms with E-state index in [-0.39, 0.29) is 0 Å². The second-order valence-electron chi connectivity index (χ2n) is 5.49. The average molecular weight is 334 g/mol. The summed E-state index contributed by atoms with van der Waals surface area (Å²) in [5, 5.41) is 3.24. The Morgan fingerprint density at radius 1 is 1.17 bits per heavy atom. The Balaban J connectivity index is 1.87. The van der Waals surface area contributed by atoms with E-state index in [2.05, 4.69) is 16.0 Å². The topological polar surface area (TPSA) is 43.8 Å². The van der Waals surface area contributed by atoms with E-state index in [1.807, 2.05) is 17.6 Å². The first-order valence-corrected chi connectivity index (χ1v) is 8.57. The highest BCUT2D eigenvalue weighted by Crippen LogP contribution is 2.42. The molecule has 0 spiro atoms. The molecule has 2 heterocycles. The molecular formula is C17H22N2O3S. The van der Waals surface area contributed by atoms with Crippen LogP contribution in [0.2, 0.25) is 0 Å². The lowest BCUT2D eigenvalue weighted by molar-refractivity contribution is 0.241. The minimum Gasteiger partial charge on any atom is -0.493 e. The van der Waals surface area contributed by atoms with Crippen molar-refractivity contribution in [3.63, 3.8) is 0 Å². The highest BCUT2D eigenvalue weighted by Gasteiger charge is 2.29. The van der Waals surface area contributed by atoms with Gasteiger partial charge in [0.15, 0.2) is 11.5 Å². The molecule has 23 heavy (non-hydrogen) atoms. The van der Waals surface area contributed by atoms with Gasteiger partial charge in [0.25, 0.3) is 0 Å². The minimum absolute atomic E-state index is 0.396. The van der Waals surface area contributed by atoms with Crippen LogP contribution in [0.15, 0.2) is 23.7 Å². The fraction of sp³-hybridized carbons (Fsp3) is 0.471. The van der Waals surface area contributed by atoms with Gasteiger partial charge in [-0.25, -0.2) is 4.98 Å². The first kappa shape index (κ1) is 16.1. The molecule has 1 aromatic carbocycles. The van der Waals surface area contributed by atoms with Gasteiger partial charge < -0.3 is 14.2 Å². The largest absolute Gasteiger partial charge is 0.493 e. The third kappa shape index (κ3) is 3.14. The SMILES string of the molecule is COc1ccc(CN2CCC[C@@H]2c2nccs2)c(OC)c1OC. The third-order valence-electron chi connectivity index (χ3n) is 4.26. The van der Waals surface area contributed by atoms with Gasteiger partial charge in [0, 0.05) is 23.7 Å². The number of aromatic nitrogens is 1. The summed E-state index contributed by atoms with van der Waals surface area (Å²) in [6.45, 7) is 1.88. The maximum Gasteiger partial charge on any atom is 0.203 e. The molecule has 1 aliphatic rings. The molecule has 2 aromatic rings. The van der Waals surface area contributed by atoms with E-state index in [9.17, 15) is 0 Å². The van der Waals surface area contributed by atoms with Crippen LogP contribution in [0, 0.1) is 0 Å². The van der Waals surface area contributed by atoms with E-state index < -0.39 is 0 Å². The lowest BCUT2D eigenvalue weighted by Crippen LogP contribution is -2.23. The zero-order chi connectivity index (χ0) is 16.2. The molecule has 6 heteroatoms. The van der Waals surface area contributed by atoms with Crippen molar-refractivity contribution < 1.29 is 14.2 Å². The second kappa shape index (κ2) is 7.19. The number of ether oxygens (including phenoxy) is 3. The normalized spacial score (nSPS) is 18.1. The summed E-state index contributed by atoms with van der Waals surface area (Å²) in [6, 6.07) is 4.38. The maximum atomic E-state index is 5.60. The molecule has 0 amide bonds. The van der Waals surface area contributed by atoms with Crippen molar-refractivity contribution >= 4 is 11.3 Å². The number of thiazole rings is 1. The highest BCUT2D eigenvalue weighted by atomic mass is 32.1. The van der Waals surface area contributed by atoms with E-state index in [4.69, 9.17) is 14.2 Å². The highest BCUT2D eigenvalue weighted by molar-refractivity contribution is 7.09. The fourth-order valence-electron chi connectivity index (χ4n) is 3.20. The first-order valence-electron chi connectivity index (χ1n) is 7.69. The van der Waals surface area contributed by atoms with Gasteiger partial charge in [-0.2, -0.15) is 0 Å². The third-order valence-corrected chi connectivity index (χ3v) is 5.14. The Morgan fingerprint density at radius 3 is 2.65 bits per heavy atom. The predicted molar refractivity (Wildman–Crippen MR) is 90.6 cm³/mol. The molecule has 0 radical (unpaired) electrons. The Morgan fingerprint density at radius 2 is 2.00 bits per heavy atom. The van der Waals surface area contributed by atoms with Gasteiger partial charge in [-0.15, -0.1) is 11.3 Å². The predicted octanol–water partition coefficient (Wildman–Crippen LogP) is 3.51. The summed E-state index contributed by atoms with van der Waals surface area (Å²) in [4.78, 5) is 6.96. The molecule has 1 aromatic heterocycles. The summed E-state index contributed by atoms with van der Waals surface area (Å²) in [6.07, 6.45) is 4.23. The van der Waals surface area contributed by atoms with Crippen molar-refractivity contribution in [2.45, 2.75) is 25.4 Å². The smallest absolute Gasteiger partial charge is 0.203 e. The molecule has 124 valence electrons. The molecule has 1 fully saturated rings. The number of methoxy groups -OCH3 is 3. The van der Waals surface area contributed by atoms with Crippen molar-refractivity contribution in [2.75, 3.05) is 27.9 Å². The molecule has 0 unspecified atom stereocenters. The summed E-state index contributed by atoms with van der Waals surface area (Å²) in [7, 11) is 4.94. The lowest BCUT2D eigenvalue weighted by atomic mass is 10.1. The number of hydrogen-bond donors (Lipinski definition) is 0. The van der Waals surface area contributed by atoms with Gasteiger partial charge in [0.05, 0.1) is 27.4 Å². The number of nitrogens with zero attached hydrogens (tertiary/aromatic N) is 2. The van der Waals surface area contributed by atoms with Crippen LogP contribution in [0.3, 0.4) is 0 Å². The molecule has 0 N–H and O–H groups in total. The molecule has 3 rings (SSSR count). The summed E-state index contributed by atoms with van der Waals surface area (Å²) in [5.74, 6) is 2.08. The van der Waals surface area contributed by atoms with Gasteiger partial charge in [-0.3, -0.25) is 4.90 Å². The van der Waals surface area contributed by atoms with Crippen LogP contribution in [0.5, 0.6) is 17.2 Å². The quantitative estimate of drug-likeness (QED) is 0.809. The van der Waals surface area contributed by atoms with Gasteiger partial charge >= 0.3 is 0 Å². The molecule has 1 aliphatic heterocycles. The average Bonchev–Trinajstić information content (AvgIpc) is 3.25. The van der Waals surface area contributed by atoms with Crippen LogP contribution in [-0.2, 0) is 6.54 Å². The van der Waals surface area contributed by atoms with Gasteiger partial charge in [0.1, 0.15) is 5.01 Å². The Hall–Kier alpha value is -1.79. The van der Waals surface area contributed by atoms with E-state index >= 15 is 0 Å². The van der Waals surface area contributed by atoms with Crippen molar-refractivity contribution in [3.05, 3.63) is 34.3 Å². The first-order chi connectivity index (χ1) is 11.3. The lowest BCUT2D eigenvalue weighted by Gasteiger charge is -2.24. The minimum atomic E-state index is 0.396. The van der Waals surface area contributed by atoms with Crippen LogP contribution < -0.4 is 14.2 Å². The van der Waals surface area contributed by atoms with Gasteiger partial charge in [-0.05, 0) is 25.5 Å². The van der Waals surface area contributed by atoms with Crippen molar-refractivity contribution in [1.29, 1.82) is 0 Å².